The van der Waals surface area contributed by atoms with Gasteiger partial charge in [-0.25, -0.2) is 8.42 Å². The van der Waals surface area contributed by atoms with Gasteiger partial charge in [0.2, 0.25) is 0 Å². The third-order valence-electron chi connectivity index (χ3n) is 4.57. The Hall–Kier alpha value is -3.52. The van der Waals surface area contributed by atoms with Crippen LogP contribution in [0.15, 0.2) is 83.8 Å². The van der Waals surface area contributed by atoms with Gasteiger partial charge in [-0.3, -0.25) is 4.79 Å². The van der Waals surface area contributed by atoms with Crippen LogP contribution in [0, 0.1) is 0 Å². The maximum absolute atomic E-state index is 13.4. The highest BCUT2D eigenvalue weighted by Crippen LogP contribution is 2.28. The largest absolute Gasteiger partial charge is 0.497 e. The average Bonchev–Trinajstić information content (AvgIpc) is 2.81. The number of hydrogen-bond acceptors (Lipinski definition) is 6. The monoisotopic (exact) mass is 455 g/mol. The van der Waals surface area contributed by atoms with Gasteiger partial charge in [-0.05, 0) is 62.4 Å². The summed E-state index contributed by atoms with van der Waals surface area (Å²) in [4.78, 5) is 13.4. The third-order valence-corrected chi connectivity index (χ3v) is 6.31. The zero-order chi connectivity index (χ0) is 23.1. The standard InChI is InChI=1S/C24H25NO6S/c1-4-30-20-15-13-19(14-16-20)25(32(27,28)23-11-6-5-7-12-23)24(26)18(2)31-22-10-8-9-21(17-22)29-3/h5-18H,4H2,1-3H3. The molecule has 8 heteroatoms. The molecule has 0 radical (unpaired) electrons. The molecule has 0 saturated carbocycles. The Bertz CT molecular complexity index is 1150. The van der Waals surface area contributed by atoms with Crippen LogP contribution in [-0.4, -0.2) is 34.1 Å². The molecule has 168 valence electrons. The maximum atomic E-state index is 13.4. The lowest BCUT2D eigenvalue weighted by atomic mass is 10.2. The Morgan fingerprint density at radius 3 is 2.19 bits per heavy atom. The number of rotatable bonds is 9. The summed E-state index contributed by atoms with van der Waals surface area (Å²) in [6, 6.07) is 20.8. The van der Waals surface area contributed by atoms with E-state index in [0.717, 1.165) is 4.31 Å². The van der Waals surface area contributed by atoms with Gasteiger partial charge in [0.1, 0.15) is 17.2 Å². The fraction of sp³-hybridized carbons (Fsp3) is 0.208. The van der Waals surface area contributed by atoms with Gasteiger partial charge in [-0.2, -0.15) is 4.31 Å². The van der Waals surface area contributed by atoms with Crippen LogP contribution in [0.25, 0.3) is 0 Å². The molecule has 0 fully saturated rings. The Morgan fingerprint density at radius 2 is 1.56 bits per heavy atom. The van der Waals surface area contributed by atoms with Crippen LogP contribution in [0.2, 0.25) is 0 Å². The molecule has 1 unspecified atom stereocenters. The first-order valence-electron chi connectivity index (χ1n) is 10.0. The van der Waals surface area contributed by atoms with Crippen molar-refractivity contribution in [2.24, 2.45) is 0 Å². The zero-order valence-corrected chi connectivity index (χ0v) is 18.9. The van der Waals surface area contributed by atoms with Crippen molar-refractivity contribution in [3.05, 3.63) is 78.9 Å². The Morgan fingerprint density at radius 1 is 0.906 bits per heavy atom. The van der Waals surface area contributed by atoms with Gasteiger partial charge in [0.25, 0.3) is 15.9 Å². The van der Waals surface area contributed by atoms with E-state index in [2.05, 4.69) is 0 Å². The minimum absolute atomic E-state index is 0.00387. The van der Waals surface area contributed by atoms with E-state index < -0.39 is 22.0 Å². The summed E-state index contributed by atoms with van der Waals surface area (Å²) in [5, 5.41) is 0. The summed E-state index contributed by atoms with van der Waals surface area (Å²) < 4.78 is 44.0. The minimum Gasteiger partial charge on any atom is -0.497 e. The van der Waals surface area contributed by atoms with Crippen LogP contribution in [0.4, 0.5) is 5.69 Å². The number of methoxy groups -OCH3 is 1. The molecule has 1 amide bonds. The molecule has 0 spiro atoms. The lowest BCUT2D eigenvalue weighted by Gasteiger charge is -2.26. The second-order valence-corrected chi connectivity index (χ2v) is 8.57. The van der Waals surface area contributed by atoms with Gasteiger partial charge in [-0.15, -0.1) is 0 Å². The van der Waals surface area contributed by atoms with Gasteiger partial charge < -0.3 is 14.2 Å². The molecule has 7 nitrogen and oxygen atoms in total. The number of carbonyl (C=O) groups excluding carboxylic acids is 1. The summed E-state index contributed by atoms with van der Waals surface area (Å²) in [6.45, 7) is 3.82. The average molecular weight is 456 g/mol. The third kappa shape index (κ3) is 5.20. The number of amides is 1. The summed E-state index contributed by atoms with van der Waals surface area (Å²) in [7, 11) is -2.67. The molecule has 0 N–H and O–H groups in total. The van der Waals surface area contributed by atoms with E-state index in [0.29, 0.717) is 23.9 Å². The zero-order valence-electron chi connectivity index (χ0n) is 18.1. The number of benzene rings is 3. The van der Waals surface area contributed by atoms with Crippen molar-refractivity contribution < 1.29 is 27.4 Å². The number of carbonyl (C=O) groups is 1. The van der Waals surface area contributed by atoms with Crippen LogP contribution < -0.4 is 18.5 Å². The summed E-state index contributed by atoms with van der Waals surface area (Å²) in [5.74, 6) is 0.777. The van der Waals surface area contributed by atoms with Crippen molar-refractivity contribution >= 4 is 21.6 Å². The van der Waals surface area contributed by atoms with Gasteiger partial charge >= 0.3 is 0 Å². The van der Waals surface area contributed by atoms with Crippen molar-refractivity contribution in [3.63, 3.8) is 0 Å². The van der Waals surface area contributed by atoms with Crippen LogP contribution in [0.3, 0.4) is 0 Å². The van der Waals surface area contributed by atoms with Gasteiger partial charge in [-0.1, -0.05) is 24.3 Å². The van der Waals surface area contributed by atoms with E-state index in [-0.39, 0.29) is 10.6 Å². The van der Waals surface area contributed by atoms with Crippen LogP contribution in [-0.2, 0) is 14.8 Å². The Labute approximate surface area is 188 Å². The van der Waals surface area contributed by atoms with Gasteiger partial charge in [0.15, 0.2) is 6.10 Å². The molecule has 3 aromatic carbocycles. The van der Waals surface area contributed by atoms with E-state index in [1.54, 1.807) is 54.6 Å². The molecule has 3 rings (SSSR count). The SMILES string of the molecule is CCOc1ccc(N(C(=O)C(C)Oc2cccc(OC)c2)S(=O)(=O)c2ccccc2)cc1. The van der Waals surface area contributed by atoms with Crippen molar-refractivity contribution in [1.82, 2.24) is 0 Å². The second-order valence-electron chi connectivity index (χ2n) is 6.79. The lowest BCUT2D eigenvalue weighted by Crippen LogP contribution is -2.44. The van der Waals surface area contributed by atoms with Crippen molar-refractivity contribution in [2.75, 3.05) is 18.0 Å². The van der Waals surface area contributed by atoms with Crippen molar-refractivity contribution in [1.29, 1.82) is 0 Å². The minimum atomic E-state index is -4.19. The van der Waals surface area contributed by atoms with E-state index in [9.17, 15) is 13.2 Å². The number of anilines is 1. The fourth-order valence-corrected chi connectivity index (χ4v) is 4.52. The topological polar surface area (TPSA) is 82.1 Å². The van der Waals surface area contributed by atoms with Gasteiger partial charge in [0.05, 0.1) is 24.3 Å². The fourth-order valence-electron chi connectivity index (χ4n) is 3.02. The first-order chi connectivity index (χ1) is 15.4. The molecule has 0 aliphatic carbocycles. The van der Waals surface area contributed by atoms with E-state index in [1.165, 1.54) is 38.3 Å². The molecule has 3 aromatic rings. The van der Waals surface area contributed by atoms with Crippen LogP contribution in [0.1, 0.15) is 13.8 Å². The number of nitrogens with zero attached hydrogens (tertiary/aromatic N) is 1. The Kier molecular flexibility index (Phi) is 7.37. The normalized spacial score (nSPS) is 12.0. The van der Waals surface area contributed by atoms with Crippen LogP contribution >= 0.6 is 0 Å². The quantitative estimate of drug-likeness (QED) is 0.479. The first kappa shape index (κ1) is 23.1. The lowest BCUT2D eigenvalue weighted by molar-refractivity contribution is -0.123. The van der Waals surface area contributed by atoms with Crippen LogP contribution in [0.5, 0.6) is 17.2 Å². The predicted molar refractivity (Wildman–Crippen MR) is 122 cm³/mol. The molecular weight excluding hydrogens is 430 g/mol. The maximum Gasteiger partial charge on any atom is 0.281 e. The molecule has 0 aliphatic heterocycles. The molecule has 0 aliphatic rings. The first-order valence-corrected chi connectivity index (χ1v) is 11.5. The number of sulfonamides is 1. The van der Waals surface area contributed by atoms with E-state index in [1.807, 2.05) is 6.92 Å². The summed E-state index contributed by atoms with van der Waals surface area (Å²) in [6.07, 6.45) is -1.09. The highest BCUT2D eigenvalue weighted by Gasteiger charge is 2.34. The number of ether oxygens (including phenoxy) is 3. The molecule has 0 heterocycles. The van der Waals surface area contributed by atoms with Gasteiger partial charge in [0, 0.05) is 6.07 Å². The Balaban J connectivity index is 1.98. The molecule has 0 saturated heterocycles. The molecule has 0 aromatic heterocycles. The highest BCUT2D eigenvalue weighted by atomic mass is 32.2. The van der Waals surface area contributed by atoms with Crippen molar-refractivity contribution in [2.45, 2.75) is 24.8 Å². The molecular formula is C24H25NO6S. The smallest absolute Gasteiger partial charge is 0.281 e. The second kappa shape index (κ2) is 10.2. The molecule has 32 heavy (non-hydrogen) atoms. The summed E-state index contributed by atoms with van der Waals surface area (Å²) in [5.41, 5.74) is 0.184. The van der Waals surface area contributed by atoms with Crippen molar-refractivity contribution in [3.8, 4) is 17.2 Å². The van der Waals surface area contributed by atoms with E-state index >= 15 is 0 Å². The number of hydrogen-bond donors (Lipinski definition) is 0. The highest BCUT2D eigenvalue weighted by molar-refractivity contribution is 7.93. The van der Waals surface area contributed by atoms with E-state index in [4.69, 9.17) is 14.2 Å². The summed E-state index contributed by atoms with van der Waals surface area (Å²) >= 11 is 0. The molecule has 1 atom stereocenters. The molecule has 0 bridgehead atoms. The predicted octanol–water partition coefficient (Wildman–Crippen LogP) is 4.28.